The maximum atomic E-state index is 11.8. The third-order valence-corrected chi connectivity index (χ3v) is 5.39. The molecule has 0 aliphatic heterocycles. The van der Waals surface area contributed by atoms with Crippen LogP contribution in [0.25, 0.3) is 0 Å². The van der Waals surface area contributed by atoms with Crippen molar-refractivity contribution in [1.29, 1.82) is 0 Å². The zero-order valence-electron chi connectivity index (χ0n) is 20.3. The Bertz CT molecular complexity index is 769. The summed E-state index contributed by atoms with van der Waals surface area (Å²) in [5.74, 6) is 1.66. The first kappa shape index (κ1) is 26.8. The van der Waals surface area contributed by atoms with Gasteiger partial charge in [0.2, 0.25) is 0 Å². The summed E-state index contributed by atoms with van der Waals surface area (Å²) in [4.78, 5) is 23.7. The lowest BCUT2D eigenvalue weighted by molar-refractivity contribution is 0.239. The van der Waals surface area contributed by atoms with Crippen molar-refractivity contribution in [3.05, 3.63) is 59.7 Å². The first-order chi connectivity index (χ1) is 16.6. The summed E-state index contributed by atoms with van der Waals surface area (Å²) in [5, 5.41) is 11.5. The molecule has 186 valence electrons. The highest BCUT2D eigenvalue weighted by Gasteiger charge is 2.02. The van der Waals surface area contributed by atoms with Gasteiger partial charge >= 0.3 is 12.1 Å². The van der Waals surface area contributed by atoms with Crippen molar-refractivity contribution in [2.75, 3.05) is 40.4 Å². The zero-order valence-corrected chi connectivity index (χ0v) is 20.3. The van der Waals surface area contributed by atoms with Crippen LogP contribution < -0.4 is 30.7 Å². The topological polar surface area (TPSA) is 101 Å². The number of methoxy groups -OCH3 is 2. The summed E-state index contributed by atoms with van der Waals surface area (Å²) >= 11 is 0. The molecule has 8 heteroatoms. The minimum absolute atomic E-state index is 0.138. The van der Waals surface area contributed by atoms with Crippen LogP contribution in [0.1, 0.15) is 36.8 Å². The smallest absolute Gasteiger partial charge is 0.314 e. The van der Waals surface area contributed by atoms with Gasteiger partial charge in [-0.15, -0.1) is 0 Å². The summed E-state index contributed by atoms with van der Waals surface area (Å²) in [7, 11) is 3.29. The molecule has 0 unspecified atom stereocenters. The first-order valence-corrected chi connectivity index (χ1v) is 11.9. The van der Waals surface area contributed by atoms with Gasteiger partial charge in [-0.25, -0.2) is 9.59 Å². The van der Waals surface area contributed by atoms with Crippen molar-refractivity contribution in [1.82, 2.24) is 21.3 Å². The Kier molecular flexibility index (Phi) is 12.8. The molecule has 2 aromatic carbocycles. The van der Waals surface area contributed by atoms with Crippen LogP contribution in [-0.2, 0) is 12.8 Å². The van der Waals surface area contributed by atoms with Gasteiger partial charge in [0, 0.05) is 26.2 Å². The number of hydrogen-bond acceptors (Lipinski definition) is 4. The minimum Gasteiger partial charge on any atom is -0.497 e. The number of unbranched alkanes of at least 4 members (excludes halogenated alkanes) is 3. The monoisotopic (exact) mass is 470 g/mol. The number of rotatable bonds is 15. The number of hydrogen-bond donors (Lipinski definition) is 4. The average molecular weight is 471 g/mol. The van der Waals surface area contributed by atoms with Crippen LogP contribution in [0.4, 0.5) is 9.59 Å². The number of benzene rings is 2. The van der Waals surface area contributed by atoms with Crippen LogP contribution in [0, 0.1) is 0 Å². The molecule has 2 rings (SSSR count). The molecular weight excluding hydrogens is 432 g/mol. The van der Waals surface area contributed by atoms with Gasteiger partial charge in [0.1, 0.15) is 11.5 Å². The maximum absolute atomic E-state index is 11.8. The van der Waals surface area contributed by atoms with Crippen molar-refractivity contribution >= 4 is 12.1 Å². The number of urea groups is 2. The zero-order chi connectivity index (χ0) is 24.4. The average Bonchev–Trinajstić information content (AvgIpc) is 2.86. The van der Waals surface area contributed by atoms with Gasteiger partial charge in [0.05, 0.1) is 14.2 Å². The molecule has 0 saturated carbocycles. The number of carbonyl (C=O) groups excluding carboxylic acids is 2. The van der Waals surface area contributed by atoms with Crippen molar-refractivity contribution < 1.29 is 19.1 Å². The fourth-order valence-electron chi connectivity index (χ4n) is 3.36. The first-order valence-electron chi connectivity index (χ1n) is 11.9. The van der Waals surface area contributed by atoms with E-state index in [0.29, 0.717) is 26.2 Å². The third kappa shape index (κ3) is 11.4. The van der Waals surface area contributed by atoms with Crippen molar-refractivity contribution in [3.63, 3.8) is 0 Å². The molecule has 0 bridgehead atoms. The van der Waals surface area contributed by atoms with E-state index in [1.54, 1.807) is 14.2 Å². The van der Waals surface area contributed by atoms with Gasteiger partial charge in [0.25, 0.3) is 0 Å². The van der Waals surface area contributed by atoms with E-state index in [1.807, 2.05) is 48.5 Å². The standard InChI is InChI=1S/C26H38N4O4/c1-33-23-11-7-21(8-12-23)15-19-29-25(31)27-17-5-3-4-6-18-28-26(32)30-20-16-22-9-13-24(34-2)14-10-22/h7-14H,3-6,15-20H2,1-2H3,(H2,27,29,31)(H2,28,30,32). The predicted molar refractivity (Wildman–Crippen MR) is 135 cm³/mol. The second kappa shape index (κ2) is 16.2. The van der Waals surface area contributed by atoms with E-state index in [9.17, 15) is 9.59 Å². The van der Waals surface area contributed by atoms with Gasteiger partial charge in [-0.2, -0.15) is 0 Å². The molecule has 0 spiro atoms. The second-order valence-electron chi connectivity index (χ2n) is 7.98. The SMILES string of the molecule is COc1ccc(CCNC(=O)NCCCCCCNC(=O)NCCc2ccc(OC)cc2)cc1. The highest BCUT2D eigenvalue weighted by Crippen LogP contribution is 2.12. The molecule has 0 atom stereocenters. The second-order valence-corrected chi connectivity index (χ2v) is 7.98. The van der Waals surface area contributed by atoms with Crippen molar-refractivity contribution in [2.24, 2.45) is 0 Å². The fraction of sp³-hybridized carbons (Fsp3) is 0.462. The van der Waals surface area contributed by atoms with Crippen molar-refractivity contribution in [2.45, 2.75) is 38.5 Å². The van der Waals surface area contributed by atoms with Crippen LogP contribution in [0.3, 0.4) is 0 Å². The van der Waals surface area contributed by atoms with Gasteiger partial charge < -0.3 is 30.7 Å². The molecule has 2 aromatic rings. The molecule has 0 heterocycles. The van der Waals surface area contributed by atoms with E-state index >= 15 is 0 Å². The molecule has 0 aromatic heterocycles. The Morgan fingerprint density at radius 1 is 0.559 bits per heavy atom. The summed E-state index contributed by atoms with van der Waals surface area (Å²) in [6, 6.07) is 15.4. The van der Waals surface area contributed by atoms with Crippen molar-refractivity contribution in [3.8, 4) is 11.5 Å². The van der Waals surface area contributed by atoms with E-state index in [1.165, 1.54) is 0 Å². The molecule has 0 aliphatic carbocycles. The summed E-state index contributed by atoms with van der Waals surface area (Å²) in [6.45, 7) is 2.47. The summed E-state index contributed by atoms with van der Waals surface area (Å²) in [5.41, 5.74) is 2.31. The Balaban J connectivity index is 1.38. The number of nitrogens with one attached hydrogen (secondary N) is 4. The lowest BCUT2D eigenvalue weighted by Gasteiger charge is -2.09. The Morgan fingerprint density at radius 2 is 0.912 bits per heavy atom. The maximum Gasteiger partial charge on any atom is 0.314 e. The number of ether oxygens (including phenoxy) is 2. The molecule has 34 heavy (non-hydrogen) atoms. The largest absolute Gasteiger partial charge is 0.497 e. The molecule has 8 nitrogen and oxygen atoms in total. The highest BCUT2D eigenvalue weighted by atomic mass is 16.5. The quantitative estimate of drug-likeness (QED) is 0.299. The summed E-state index contributed by atoms with van der Waals surface area (Å²) < 4.78 is 10.3. The molecular formula is C26H38N4O4. The highest BCUT2D eigenvalue weighted by molar-refractivity contribution is 5.74. The molecule has 0 radical (unpaired) electrons. The van der Waals surface area contributed by atoms with E-state index in [0.717, 1.165) is 61.2 Å². The molecule has 0 aliphatic rings. The van der Waals surface area contributed by atoms with Crippen LogP contribution >= 0.6 is 0 Å². The molecule has 0 saturated heterocycles. The van der Waals surface area contributed by atoms with Crippen LogP contribution in [0.5, 0.6) is 11.5 Å². The van der Waals surface area contributed by atoms with E-state index in [4.69, 9.17) is 9.47 Å². The Labute approximate surface area is 202 Å². The molecule has 0 fully saturated rings. The van der Waals surface area contributed by atoms with Gasteiger partial charge in [0.15, 0.2) is 0 Å². The molecule has 4 N–H and O–H groups in total. The third-order valence-electron chi connectivity index (χ3n) is 5.39. The normalized spacial score (nSPS) is 10.3. The number of amides is 4. The summed E-state index contributed by atoms with van der Waals surface area (Å²) in [6.07, 6.45) is 5.40. The van der Waals surface area contributed by atoms with Crippen LogP contribution in [0.15, 0.2) is 48.5 Å². The minimum atomic E-state index is -0.138. The number of carbonyl (C=O) groups is 2. The lowest BCUT2D eigenvalue weighted by Crippen LogP contribution is -2.37. The Hall–Kier alpha value is -3.42. The van der Waals surface area contributed by atoms with Crippen LogP contribution in [0.2, 0.25) is 0 Å². The van der Waals surface area contributed by atoms with Gasteiger partial charge in [-0.3, -0.25) is 0 Å². The van der Waals surface area contributed by atoms with Gasteiger partial charge in [-0.05, 0) is 61.1 Å². The van der Waals surface area contributed by atoms with E-state index < -0.39 is 0 Å². The van der Waals surface area contributed by atoms with Crippen LogP contribution in [-0.4, -0.2) is 52.5 Å². The Morgan fingerprint density at radius 3 is 1.26 bits per heavy atom. The molecule has 4 amide bonds. The van der Waals surface area contributed by atoms with E-state index in [-0.39, 0.29) is 12.1 Å². The van der Waals surface area contributed by atoms with Gasteiger partial charge in [-0.1, -0.05) is 37.1 Å². The predicted octanol–water partition coefficient (Wildman–Crippen LogP) is 3.65. The van der Waals surface area contributed by atoms with E-state index in [2.05, 4.69) is 21.3 Å². The lowest BCUT2D eigenvalue weighted by atomic mass is 10.1. The fourth-order valence-corrected chi connectivity index (χ4v) is 3.36.